The number of nitrogens with one attached hydrogen (secondary N) is 1. The van der Waals surface area contributed by atoms with Crippen LogP contribution in [-0.2, 0) is 0 Å². The Morgan fingerprint density at radius 2 is 1.90 bits per heavy atom. The molecule has 3 rings (SSSR count). The lowest BCUT2D eigenvalue weighted by atomic mass is 10.0. The molecule has 2 fully saturated rings. The molecule has 0 heterocycles. The second-order valence-corrected chi connectivity index (χ2v) is 7.62. The van der Waals surface area contributed by atoms with Crippen molar-refractivity contribution >= 4 is 11.8 Å². The molecular weight excluding hydrogens is 269 g/mol. The van der Waals surface area contributed by atoms with E-state index in [1.54, 1.807) is 12.1 Å². The van der Waals surface area contributed by atoms with Crippen LogP contribution in [0.4, 0.5) is 4.39 Å². The monoisotopic (exact) mass is 293 g/mol. The van der Waals surface area contributed by atoms with Gasteiger partial charge in [-0.25, -0.2) is 4.39 Å². The maximum atomic E-state index is 13.1. The second kappa shape index (κ2) is 6.07. The minimum atomic E-state index is -0.139. The average Bonchev–Trinajstić information content (AvgIpc) is 3.19. The highest BCUT2D eigenvalue weighted by Crippen LogP contribution is 2.43. The van der Waals surface area contributed by atoms with Crippen LogP contribution in [0.15, 0.2) is 24.3 Å². The highest BCUT2D eigenvalue weighted by molar-refractivity contribution is 8.00. The minimum absolute atomic E-state index is 0.139. The van der Waals surface area contributed by atoms with Crippen LogP contribution in [-0.4, -0.2) is 17.5 Å². The van der Waals surface area contributed by atoms with Crippen LogP contribution in [0.1, 0.15) is 50.1 Å². The Bertz CT molecular complexity index is 435. The van der Waals surface area contributed by atoms with Gasteiger partial charge in [0.05, 0.1) is 0 Å². The largest absolute Gasteiger partial charge is 0.308 e. The highest BCUT2D eigenvalue weighted by Gasteiger charge is 2.37. The average molecular weight is 293 g/mol. The van der Waals surface area contributed by atoms with E-state index in [9.17, 15) is 4.39 Å². The van der Waals surface area contributed by atoms with Crippen molar-refractivity contribution in [1.29, 1.82) is 0 Å². The lowest BCUT2D eigenvalue weighted by Crippen LogP contribution is -2.37. The van der Waals surface area contributed by atoms with Crippen molar-refractivity contribution in [3.8, 4) is 0 Å². The van der Waals surface area contributed by atoms with Crippen LogP contribution < -0.4 is 5.32 Å². The molecule has 1 aromatic carbocycles. The van der Waals surface area contributed by atoms with E-state index in [0.717, 1.165) is 12.5 Å². The second-order valence-electron chi connectivity index (χ2n) is 6.34. The summed E-state index contributed by atoms with van der Waals surface area (Å²) in [6.07, 6.45) is 10.3. The number of thioether (sulfide) groups is 1. The Morgan fingerprint density at radius 1 is 1.25 bits per heavy atom. The van der Waals surface area contributed by atoms with Gasteiger partial charge in [0.2, 0.25) is 0 Å². The Kier molecular flexibility index (Phi) is 4.37. The van der Waals surface area contributed by atoms with Gasteiger partial charge in [0.15, 0.2) is 0 Å². The third-order valence-electron chi connectivity index (χ3n) is 4.91. The Labute approximate surface area is 125 Å². The molecule has 1 unspecified atom stereocenters. The summed E-state index contributed by atoms with van der Waals surface area (Å²) in [5, 5.41) is 3.81. The zero-order chi connectivity index (χ0) is 14.0. The summed E-state index contributed by atoms with van der Waals surface area (Å²) in [7, 11) is 0. The van der Waals surface area contributed by atoms with Crippen LogP contribution in [0, 0.1) is 11.7 Å². The number of hydrogen-bond donors (Lipinski definition) is 1. The third kappa shape index (κ3) is 3.20. The van der Waals surface area contributed by atoms with E-state index in [1.807, 2.05) is 23.9 Å². The molecule has 2 saturated carbocycles. The summed E-state index contributed by atoms with van der Waals surface area (Å²) >= 11 is 2.03. The fourth-order valence-corrected chi connectivity index (χ4v) is 4.35. The van der Waals surface area contributed by atoms with Crippen LogP contribution in [0.2, 0.25) is 0 Å². The molecule has 2 aliphatic carbocycles. The molecule has 1 atom stereocenters. The molecule has 110 valence electrons. The summed E-state index contributed by atoms with van der Waals surface area (Å²) in [4.78, 5) is 0. The smallest absolute Gasteiger partial charge is 0.123 e. The molecular formula is C17H24FNS. The molecule has 1 N–H and O–H groups in total. The maximum Gasteiger partial charge on any atom is 0.123 e. The lowest BCUT2D eigenvalue weighted by Gasteiger charge is -2.30. The first-order valence-corrected chi connectivity index (χ1v) is 8.99. The molecule has 0 amide bonds. The number of benzene rings is 1. The molecule has 1 aromatic rings. The summed E-state index contributed by atoms with van der Waals surface area (Å²) in [6, 6.07) is 7.50. The van der Waals surface area contributed by atoms with Crippen molar-refractivity contribution in [2.24, 2.45) is 5.92 Å². The maximum absolute atomic E-state index is 13.1. The van der Waals surface area contributed by atoms with Gasteiger partial charge in [-0.1, -0.05) is 25.0 Å². The molecule has 0 saturated heterocycles. The van der Waals surface area contributed by atoms with Crippen LogP contribution in [0.3, 0.4) is 0 Å². The molecule has 2 aliphatic rings. The Hall–Kier alpha value is -0.540. The molecule has 0 aliphatic heterocycles. The predicted molar refractivity (Wildman–Crippen MR) is 84.6 cm³/mol. The van der Waals surface area contributed by atoms with Gasteiger partial charge in [-0.05, 0) is 55.6 Å². The first kappa shape index (κ1) is 14.4. The van der Waals surface area contributed by atoms with E-state index < -0.39 is 0 Å². The third-order valence-corrected chi connectivity index (χ3v) is 6.33. The molecule has 20 heavy (non-hydrogen) atoms. The predicted octanol–water partition coefficient (Wildman–Crippen LogP) is 4.54. The fourth-order valence-electron chi connectivity index (χ4n) is 3.42. The van der Waals surface area contributed by atoms with E-state index in [0.29, 0.717) is 10.8 Å². The topological polar surface area (TPSA) is 12.0 Å². The quantitative estimate of drug-likeness (QED) is 0.826. The van der Waals surface area contributed by atoms with Gasteiger partial charge in [-0.2, -0.15) is 11.8 Å². The van der Waals surface area contributed by atoms with E-state index in [1.165, 1.54) is 44.1 Å². The van der Waals surface area contributed by atoms with Gasteiger partial charge in [-0.3, -0.25) is 0 Å². The number of hydrogen-bond acceptors (Lipinski definition) is 2. The van der Waals surface area contributed by atoms with E-state index in [-0.39, 0.29) is 5.82 Å². The van der Waals surface area contributed by atoms with Crippen molar-refractivity contribution in [3.05, 3.63) is 35.6 Å². The molecule has 0 radical (unpaired) electrons. The van der Waals surface area contributed by atoms with Crippen molar-refractivity contribution in [2.75, 3.05) is 12.8 Å². The van der Waals surface area contributed by atoms with Gasteiger partial charge < -0.3 is 5.32 Å². The van der Waals surface area contributed by atoms with Crippen LogP contribution in [0.25, 0.3) is 0 Å². The fraction of sp³-hybridized carbons (Fsp3) is 0.647. The SMILES string of the molecule is CSC1(CNC(c2ccc(F)cc2)C2CC2)CCCC1. The van der Waals surface area contributed by atoms with Crippen molar-refractivity contribution in [2.45, 2.75) is 49.3 Å². The van der Waals surface area contributed by atoms with Gasteiger partial charge in [0.1, 0.15) is 5.82 Å². The Morgan fingerprint density at radius 3 is 2.45 bits per heavy atom. The summed E-state index contributed by atoms with van der Waals surface area (Å²) in [5.41, 5.74) is 1.25. The Balaban J connectivity index is 1.67. The molecule has 3 heteroatoms. The van der Waals surface area contributed by atoms with Crippen LogP contribution >= 0.6 is 11.8 Å². The summed E-state index contributed by atoms with van der Waals surface area (Å²) in [5.74, 6) is 0.612. The van der Waals surface area contributed by atoms with E-state index in [4.69, 9.17) is 0 Å². The van der Waals surface area contributed by atoms with Gasteiger partial charge in [0, 0.05) is 17.3 Å². The number of rotatable bonds is 6. The van der Waals surface area contributed by atoms with E-state index >= 15 is 0 Å². The van der Waals surface area contributed by atoms with Crippen molar-refractivity contribution in [3.63, 3.8) is 0 Å². The van der Waals surface area contributed by atoms with Crippen molar-refractivity contribution in [1.82, 2.24) is 5.32 Å². The van der Waals surface area contributed by atoms with Crippen molar-refractivity contribution < 1.29 is 4.39 Å². The van der Waals surface area contributed by atoms with E-state index in [2.05, 4.69) is 11.6 Å². The van der Waals surface area contributed by atoms with Gasteiger partial charge >= 0.3 is 0 Å². The molecule has 1 nitrogen and oxygen atoms in total. The summed E-state index contributed by atoms with van der Waals surface area (Å²) in [6.45, 7) is 1.09. The first-order chi connectivity index (χ1) is 9.72. The minimum Gasteiger partial charge on any atom is -0.308 e. The standard InChI is InChI=1S/C17H24FNS/c1-20-17(10-2-3-11-17)12-19-16(13-4-5-13)14-6-8-15(18)9-7-14/h6-9,13,16,19H,2-5,10-12H2,1H3. The summed E-state index contributed by atoms with van der Waals surface area (Å²) < 4.78 is 13.5. The molecule has 0 bridgehead atoms. The number of halogens is 1. The zero-order valence-corrected chi connectivity index (χ0v) is 13.0. The first-order valence-electron chi connectivity index (χ1n) is 7.76. The van der Waals surface area contributed by atoms with Gasteiger partial charge in [0.25, 0.3) is 0 Å². The van der Waals surface area contributed by atoms with Gasteiger partial charge in [-0.15, -0.1) is 0 Å². The molecule has 0 spiro atoms. The highest BCUT2D eigenvalue weighted by atomic mass is 32.2. The molecule has 0 aromatic heterocycles. The zero-order valence-electron chi connectivity index (χ0n) is 12.2. The van der Waals surface area contributed by atoms with Crippen LogP contribution in [0.5, 0.6) is 0 Å². The lowest BCUT2D eigenvalue weighted by molar-refractivity contribution is 0.434. The normalized spacial score (nSPS) is 22.9.